The van der Waals surface area contributed by atoms with Crippen molar-refractivity contribution in [2.45, 2.75) is 40.5 Å². The van der Waals surface area contributed by atoms with Crippen LogP contribution >= 0.6 is 0 Å². The Hall–Kier alpha value is -0.260. The summed E-state index contributed by atoms with van der Waals surface area (Å²) in [5, 5.41) is 0. The Morgan fingerprint density at radius 1 is 1.20 bits per heavy atom. The maximum absolute atomic E-state index is 2.35. The smallest absolute Gasteiger partial charge is 0.0213 e. The third-order valence-electron chi connectivity index (χ3n) is 1.95. The molecule has 0 bridgehead atoms. The van der Waals surface area contributed by atoms with Gasteiger partial charge in [-0.15, -0.1) is 0 Å². The molecule has 0 amide bonds. The quantitative estimate of drug-likeness (QED) is 0.523. The van der Waals surface area contributed by atoms with Gasteiger partial charge in [-0.25, -0.2) is 0 Å². The standard InChI is InChI=1S/C10H20/c1-5-7-8-10(6-2)9(3)4/h7-10H,5-6H2,1-4H3/b8-7+. The van der Waals surface area contributed by atoms with Gasteiger partial charge in [0.05, 0.1) is 0 Å². The molecule has 1 atom stereocenters. The molecule has 10 heavy (non-hydrogen) atoms. The van der Waals surface area contributed by atoms with Crippen LogP contribution in [-0.4, -0.2) is 0 Å². The van der Waals surface area contributed by atoms with Crippen LogP contribution in [0.5, 0.6) is 0 Å². The zero-order chi connectivity index (χ0) is 7.98. The zero-order valence-corrected chi connectivity index (χ0v) is 7.72. The van der Waals surface area contributed by atoms with Crippen LogP contribution in [0.15, 0.2) is 12.2 Å². The molecule has 0 saturated carbocycles. The third kappa shape index (κ3) is 3.71. The van der Waals surface area contributed by atoms with E-state index in [1.807, 2.05) is 0 Å². The lowest BCUT2D eigenvalue weighted by Crippen LogP contribution is -2.02. The summed E-state index contributed by atoms with van der Waals surface area (Å²) in [6.07, 6.45) is 7.07. The molecule has 0 aliphatic heterocycles. The molecule has 0 radical (unpaired) electrons. The average Bonchev–Trinajstić information content (AvgIpc) is 1.89. The van der Waals surface area contributed by atoms with Crippen molar-refractivity contribution in [3.63, 3.8) is 0 Å². The summed E-state index contributed by atoms with van der Waals surface area (Å²) >= 11 is 0. The second-order valence-electron chi connectivity index (χ2n) is 3.15. The summed E-state index contributed by atoms with van der Waals surface area (Å²) in [5.41, 5.74) is 0. The van der Waals surface area contributed by atoms with Gasteiger partial charge in [-0.05, 0) is 24.7 Å². The first-order valence-corrected chi connectivity index (χ1v) is 4.39. The first-order valence-electron chi connectivity index (χ1n) is 4.39. The minimum Gasteiger partial charge on any atom is -0.0885 e. The predicted octanol–water partition coefficient (Wildman–Crippen LogP) is 3.63. The molecule has 0 heteroatoms. The molecule has 0 N–H and O–H groups in total. The maximum Gasteiger partial charge on any atom is -0.0213 e. The Balaban J connectivity index is 3.71. The van der Waals surface area contributed by atoms with E-state index in [9.17, 15) is 0 Å². The van der Waals surface area contributed by atoms with E-state index in [1.54, 1.807) is 0 Å². The first kappa shape index (κ1) is 9.74. The van der Waals surface area contributed by atoms with Gasteiger partial charge in [0.1, 0.15) is 0 Å². The highest BCUT2D eigenvalue weighted by Crippen LogP contribution is 2.15. The van der Waals surface area contributed by atoms with Crippen molar-refractivity contribution in [3.05, 3.63) is 12.2 Å². The van der Waals surface area contributed by atoms with Gasteiger partial charge < -0.3 is 0 Å². The van der Waals surface area contributed by atoms with Gasteiger partial charge in [0, 0.05) is 0 Å². The lowest BCUT2D eigenvalue weighted by molar-refractivity contribution is 0.452. The fourth-order valence-electron chi connectivity index (χ4n) is 1.14. The van der Waals surface area contributed by atoms with Crippen molar-refractivity contribution < 1.29 is 0 Å². The lowest BCUT2D eigenvalue weighted by atomic mass is 9.93. The van der Waals surface area contributed by atoms with E-state index >= 15 is 0 Å². The number of hydrogen-bond acceptors (Lipinski definition) is 0. The summed E-state index contributed by atoms with van der Waals surface area (Å²) in [6, 6.07) is 0. The molecule has 0 fully saturated rings. The Morgan fingerprint density at radius 2 is 1.80 bits per heavy atom. The minimum atomic E-state index is 0.792. The summed E-state index contributed by atoms with van der Waals surface area (Å²) in [6.45, 7) is 9.01. The van der Waals surface area contributed by atoms with Crippen molar-refractivity contribution in [2.24, 2.45) is 11.8 Å². The largest absolute Gasteiger partial charge is 0.0885 e. The van der Waals surface area contributed by atoms with Crippen molar-refractivity contribution in [3.8, 4) is 0 Å². The van der Waals surface area contributed by atoms with Crippen LogP contribution in [0.2, 0.25) is 0 Å². The van der Waals surface area contributed by atoms with Gasteiger partial charge in [0.25, 0.3) is 0 Å². The van der Waals surface area contributed by atoms with Crippen LogP contribution in [0.1, 0.15) is 40.5 Å². The minimum absolute atomic E-state index is 0.792. The molecule has 0 aromatic heterocycles. The molecule has 0 heterocycles. The van der Waals surface area contributed by atoms with Crippen LogP contribution < -0.4 is 0 Å². The van der Waals surface area contributed by atoms with Gasteiger partial charge in [0.15, 0.2) is 0 Å². The first-order chi connectivity index (χ1) is 4.72. The maximum atomic E-state index is 2.35. The van der Waals surface area contributed by atoms with E-state index in [0.717, 1.165) is 11.8 Å². The Morgan fingerprint density at radius 3 is 2.10 bits per heavy atom. The van der Waals surface area contributed by atoms with Gasteiger partial charge in [-0.1, -0.05) is 39.8 Å². The monoisotopic (exact) mass is 140 g/mol. The van der Waals surface area contributed by atoms with Gasteiger partial charge in [-0.2, -0.15) is 0 Å². The van der Waals surface area contributed by atoms with Gasteiger partial charge >= 0.3 is 0 Å². The SMILES string of the molecule is CC/C=C/C(CC)C(C)C. The lowest BCUT2D eigenvalue weighted by Gasteiger charge is -2.13. The molecule has 0 aromatic rings. The molecule has 0 aliphatic carbocycles. The van der Waals surface area contributed by atoms with E-state index in [1.165, 1.54) is 12.8 Å². The number of hydrogen-bond donors (Lipinski definition) is 0. The fraction of sp³-hybridized carbons (Fsp3) is 0.800. The molecular formula is C10H20. The highest BCUT2D eigenvalue weighted by atomic mass is 14.1. The summed E-state index contributed by atoms with van der Waals surface area (Å²) in [7, 11) is 0. The second-order valence-corrected chi connectivity index (χ2v) is 3.15. The molecule has 0 spiro atoms. The van der Waals surface area contributed by atoms with Gasteiger partial charge in [-0.3, -0.25) is 0 Å². The van der Waals surface area contributed by atoms with Crippen LogP contribution in [0.4, 0.5) is 0 Å². The Labute approximate surface area is 65.3 Å². The Kier molecular flexibility index (Phi) is 5.38. The molecule has 60 valence electrons. The summed E-state index contributed by atoms with van der Waals surface area (Å²) < 4.78 is 0. The van der Waals surface area contributed by atoms with Crippen LogP contribution in [0.3, 0.4) is 0 Å². The van der Waals surface area contributed by atoms with Gasteiger partial charge in [0.2, 0.25) is 0 Å². The molecule has 0 rings (SSSR count). The molecule has 0 saturated heterocycles. The van der Waals surface area contributed by atoms with Crippen molar-refractivity contribution in [1.29, 1.82) is 0 Å². The topological polar surface area (TPSA) is 0 Å². The van der Waals surface area contributed by atoms with E-state index in [-0.39, 0.29) is 0 Å². The highest BCUT2D eigenvalue weighted by molar-refractivity contribution is 4.88. The fourth-order valence-corrected chi connectivity index (χ4v) is 1.14. The predicted molar refractivity (Wildman–Crippen MR) is 48.1 cm³/mol. The van der Waals surface area contributed by atoms with E-state index in [0.29, 0.717) is 0 Å². The third-order valence-corrected chi connectivity index (χ3v) is 1.95. The van der Waals surface area contributed by atoms with Crippen molar-refractivity contribution in [1.82, 2.24) is 0 Å². The van der Waals surface area contributed by atoms with E-state index < -0.39 is 0 Å². The Bertz CT molecular complexity index is 90.2. The highest BCUT2D eigenvalue weighted by Gasteiger charge is 2.04. The molecule has 0 nitrogen and oxygen atoms in total. The molecule has 0 aliphatic rings. The van der Waals surface area contributed by atoms with Crippen LogP contribution in [0.25, 0.3) is 0 Å². The zero-order valence-electron chi connectivity index (χ0n) is 7.72. The van der Waals surface area contributed by atoms with Crippen molar-refractivity contribution in [2.75, 3.05) is 0 Å². The molecule has 1 unspecified atom stereocenters. The number of allylic oxidation sites excluding steroid dienone is 2. The summed E-state index contributed by atoms with van der Waals surface area (Å²) in [5.74, 6) is 1.59. The number of rotatable bonds is 4. The van der Waals surface area contributed by atoms with E-state index in [2.05, 4.69) is 39.8 Å². The molecule has 0 aromatic carbocycles. The van der Waals surface area contributed by atoms with Crippen LogP contribution in [0, 0.1) is 11.8 Å². The average molecular weight is 140 g/mol. The molecular weight excluding hydrogens is 120 g/mol. The second kappa shape index (κ2) is 5.52. The summed E-state index contributed by atoms with van der Waals surface area (Å²) in [4.78, 5) is 0. The van der Waals surface area contributed by atoms with E-state index in [4.69, 9.17) is 0 Å². The van der Waals surface area contributed by atoms with Crippen molar-refractivity contribution >= 4 is 0 Å². The normalized spacial score (nSPS) is 14.9. The van der Waals surface area contributed by atoms with Crippen LogP contribution in [-0.2, 0) is 0 Å².